The van der Waals surface area contributed by atoms with Crippen molar-refractivity contribution in [3.8, 4) is 0 Å². The van der Waals surface area contributed by atoms with Crippen LogP contribution in [-0.2, 0) is 6.54 Å². The molecule has 1 nitrogen and oxygen atoms in total. The van der Waals surface area contributed by atoms with E-state index in [0.29, 0.717) is 17.3 Å². The Kier molecular flexibility index (Phi) is 4.50. The lowest BCUT2D eigenvalue weighted by molar-refractivity contribution is 0.630. The van der Waals surface area contributed by atoms with Crippen LogP contribution in [0, 0.1) is 5.82 Å². The van der Waals surface area contributed by atoms with Gasteiger partial charge in [0, 0.05) is 16.5 Å². The van der Waals surface area contributed by atoms with Crippen molar-refractivity contribution in [2.45, 2.75) is 11.4 Å². The van der Waals surface area contributed by atoms with E-state index in [0.717, 1.165) is 5.56 Å². The van der Waals surface area contributed by atoms with Crippen molar-refractivity contribution in [3.63, 3.8) is 0 Å². The number of benzene rings is 2. The quantitative estimate of drug-likeness (QED) is 0.807. The molecule has 2 aromatic carbocycles. The second-order valence-corrected chi connectivity index (χ2v) is 5.14. The predicted molar refractivity (Wildman–Crippen MR) is 77.0 cm³/mol. The van der Waals surface area contributed by atoms with Crippen molar-refractivity contribution in [1.82, 2.24) is 0 Å². The molecule has 0 aliphatic heterocycles. The first kappa shape index (κ1) is 13.2. The summed E-state index contributed by atoms with van der Waals surface area (Å²) < 4.78 is 13.5. The van der Waals surface area contributed by atoms with Gasteiger partial charge < -0.3 is 5.32 Å². The molecule has 0 heterocycles. The highest BCUT2D eigenvalue weighted by atomic mass is 35.5. The molecule has 4 heteroatoms. The van der Waals surface area contributed by atoms with E-state index < -0.39 is 0 Å². The minimum atomic E-state index is -0.330. The maximum Gasteiger partial charge on any atom is 0.147 e. The van der Waals surface area contributed by atoms with Crippen LogP contribution < -0.4 is 5.32 Å². The Balaban J connectivity index is 2.02. The molecule has 0 aliphatic rings. The van der Waals surface area contributed by atoms with Gasteiger partial charge in [-0.2, -0.15) is 0 Å². The fourth-order valence-electron chi connectivity index (χ4n) is 1.57. The number of anilines is 1. The normalized spacial score (nSPS) is 10.4. The average molecular weight is 282 g/mol. The van der Waals surface area contributed by atoms with E-state index in [1.54, 1.807) is 23.9 Å². The molecule has 0 unspecified atom stereocenters. The summed E-state index contributed by atoms with van der Waals surface area (Å²) in [5.74, 6) is -0.330. The van der Waals surface area contributed by atoms with Gasteiger partial charge in [-0.05, 0) is 42.2 Å². The van der Waals surface area contributed by atoms with Crippen LogP contribution in [0.2, 0.25) is 5.02 Å². The van der Waals surface area contributed by atoms with Gasteiger partial charge in [0.2, 0.25) is 0 Å². The maximum absolute atomic E-state index is 13.5. The van der Waals surface area contributed by atoms with Crippen LogP contribution in [0.1, 0.15) is 5.56 Å². The van der Waals surface area contributed by atoms with Gasteiger partial charge in [-0.15, -0.1) is 11.8 Å². The molecule has 0 spiro atoms. The Bertz CT molecular complexity index is 528. The molecule has 0 saturated carbocycles. The Labute approximate surface area is 115 Å². The molecular formula is C14H13ClFNS. The van der Waals surface area contributed by atoms with E-state index in [1.165, 1.54) is 11.0 Å². The number of thioether (sulfide) groups is 1. The van der Waals surface area contributed by atoms with Crippen LogP contribution >= 0.6 is 23.4 Å². The summed E-state index contributed by atoms with van der Waals surface area (Å²) in [4.78, 5) is 1.22. The van der Waals surface area contributed by atoms with Crippen molar-refractivity contribution in [2.24, 2.45) is 0 Å². The van der Waals surface area contributed by atoms with Crippen molar-refractivity contribution >= 4 is 29.1 Å². The lowest BCUT2D eigenvalue weighted by Crippen LogP contribution is -2.01. The summed E-state index contributed by atoms with van der Waals surface area (Å²) >= 11 is 7.40. The van der Waals surface area contributed by atoms with Gasteiger partial charge in [0.05, 0.1) is 5.69 Å². The van der Waals surface area contributed by atoms with Crippen LogP contribution in [0.4, 0.5) is 10.1 Å². The highest BCUT2D eigenvalue weighted by Gasteiger charge is 2.02. The number of halogens is 2. The molecule has 0 bridgehead atoms. The van der Waals surface area contributed by atoms with Crippen LogP contribution in [0.15, 0.2) is 47.4 Å². The van der Waals surface area contributed by atoms with Crippen molar-refractivity contribution in [2.75, 3.05) is 11.6 Å². The summed E-state index contributed by atoms with van der Waals surface area (Å²) in [5, 5.41) is 3.46. The van der Waals surface area contributed by atoms with E-state index in [1.807, 2.05) is 18.4 Å². The Morgan fingerprint density at radius 2 is 1.89 bits per heavy atom. The largest absolute Gasteiger partial charge is 0.379 e. The SMILES string of the molecule is CSc1ccc(CNc2ccc(Cl)cc2F)cc1. The first-order valence-corrected chi connectivity index (χ1v) is 7.11. The summed E-state index contributed by atoms with van der Waals surface area (Å²) in [7, 11) is 0. The van der Waals surface area contributed by atoms with Crippen LogP contribution in [-0.4, -0.2) is 6.26 Å². The van der Waals surface area contributed by atoms with E-state index in [-0.39, 0.29) is 5.82 Å². The van der Waals surface area contributed by atoms with Gasteiger partial charge in [0.15, 0.2) is 0 Å². The van der Waals surface area contributed by atoms with Crippen molar-refractivity contribution in [1.29, 1.82) is 0 Å². The first-order chi connectivity index (χ1) is 8.69. The Morgan fingerprint density at radius 3 is 2.50 bits per heavy atom. The fourth-order valence-corrected chi connectivity index (χ4v) is 2.14. The number of rotatable bonds is 4. The average Bonchev–Trinajstić information content (AvgIpc) is 2.38. The molecule has 0 radical (unpaired) electrons. The highest BCUT2D eigenvalue weighted by Crippen LogP contribution is 2.20. The van der Waals surface area contributed by atoms with Crippen molar-refractivity contribution in [3.05, 3.63) is 58.9 Å². The predicted octanol–water partition coefficient (Wildman–Crippen LogP) is 4.81. The molecule has 0 amide bonds. The summed E-state index contributed by atoms with van der Waals surface area (Å²) in [6.07, 6.45) is 2.04. The molecule has 0 aromatic heterocycles. The topological polar surface area (TPSA) is 12.0 Å². The summed E-state index contributed by atoms with van der Waals surface area (Å²) in [6.45, 7) is 0.590. The molecule has 94 valence electrons. The zero-order valence-electron chi connectivity index (χ0n) is 9.91. The minimum Gasteiger partial charge on any atom is -0.379 e. The van der Waals surface area contributed by atoms with E-state index in [2.05, 4.69) is 17.4 Å². The van der Waals surface area contributed by atoms with Gasteiger partial charge in [-0.3, -0.25) is 0 Å². The zero-order valence-corrected chi connectivity index (χ0v) is 11.5. The van der Waals surface area contributed by atoms with E-state index in [4.69, 9.17) is 11.6 Å². The molecule has 2 rings (SSSR count). The van der Waals surface area contributed by atoms with Crippen LogP contribution in [0.3, 0.4) is 0 Å². The highest BCUT2D eigenvalue weighted by molar-refractivity contribution is 7.98. The third-order valence-corrected chi connectivity index (χ3v) is 3.55. The molecule has 2 aromatic rings. The van der Waals surface area contributed by atoms with Gasteiger partial charge in [-0.1, -0.05) is 23.7 Å². The van der Waals surface area contributed by atoms with Crippen molar-refractivity contribution < 1.29 is 4.39 Å². The Hall–Kier alpha value is -1.19. The molecule has 18 heavy (non-hydrogen) atoms. The Morgan fingerprint density at radius 1 is 1.17 bits per heavy atom. The van der Waals surface area contributed by atoms with Crippen LogP contribution in [0.25, 0.3) is 0 Å². The molecule has 0 fully saturated rings. The lowest BCUT2D eigenvalue weighted by atomic mass is 10.2. The van der Waals surface area contributed by atoms with Gasteiger partial charge in [0.25, 0.3) is 0 Å². The zero-order chi connectivity index (χ0) is 13.0. The van der Waals surface area contributed by atoms with Gasteiger partial charge in [-0.25, -0.2) is 4.39 Å². The monoisotopic (exact) mass is 281 g/mol. The molecule has 0 atom stereocenters. The smallest absolute Gasteiger partial charge is 0.147 e. The number of nitrogens with one attached hydrogen (secondary N) is 1. The lowest BCUT2D eigenvalue weighted by Gasteiger charge is -2.08. The summed E-state index contributed by atoms with van der Waals surface area (Å²) in [5.41, 5.74) is 1.58. The maximum atomic E-state index is 13.5. The summed E-state index contributed by atoms with van der Waals surface area (Å²) in [6, 6.07) is 12.8. The van der Waals surface area contributed by atoms with Gasteiger partial charge in [0.1, 0.15) is 5.82 Å². The standard InChI is InChI=1S/C14H13ClFNS/c1-18-12-5-2-10(3-6-12)9-17-14-7-4-11(15)8-13(14)16/h2-8,17H,9H2,1H3. The minimum absolute atomic E-state index is 0.330. The van der Waals surface area contributed by atoms with Crippen LogP contribution in [0.5, 0.6) is 0 Å². The van der Waals surface area contributed by atoms with E-state index >= 15 is 0 Å². The molecule has 0 aliphatic carbocycles. The molecular weight excluding hydrogens is 269 g/mol. The molecule has 1 N–H and O–H groups in total. The number of hydrogen-bond acceptors (Lipinski definition) is 2. The first-order valence-electron chi connectivity index (χ1n) is 5.51. The number of hydrogen-bond donors (Lipinski definition) is 1. The second-order valence-electron chi connectivity index (χ2n) is 3.83. The molecule has 0 saturated heterocycles. The second kappa shape index (κ2) is 6.12. The fraction of sp³-hybridized carbons (Fsp3) is 0.143. The third-order valence-electron chi connectivity index (χ3n) is 2.57. The van der Waals surface area contributed by atoms with Gasteiger partial charge >= 0.3 is 0 Å². The third kappa shape index (κ3) is 3.40. The van der Waals surface area contributed by atoms with E-state index in [9.17, 15) is 4.39 Å².